The lowest BCUT2D eigenvalue weighted by atomic mass is 9.94. The Balaban J connectivity index is 1.51. The van der Waals surface area contributed by atoms with Gasteiger partial charge >= 0.3 is 0 Å². The molecule has 0 aliphatic heterocycles. The fraction of sp³-hybridized carbons (Fsp3) is 0.345. The minimum absolute atomic E-state index is 0.00869. The topological polar surface area (TPSA) is 29.1 Å². The third kappa shape index (κ3) is 5.85. The molecule has 4 bridgehead atoms. The van der Waals surface area contributed by atoms with Gasteiger partial charge < -0.3 is 5.32 Å². The summed E-state index contributed by atoms with van der Waals surface area (Å²) in [5.41, 5.74) is 7.28. The van der Waals surface area contributed by atoms with Gasteiger partial charge in [0.05, 0.1) is 6.04 Å². The quantitative estimate of drug-likeness (QED) is 0.515. The van der Waals surface area contributed by atoms with Gasteiger partial charge in [-0.25, -0.2) is 0 Å². The largest absolute Gasteiger partial charge is 0.346 e. The van der Waals surface area contributed by atoms with Gasteiger partial charge in [0.15, 0.2) is 0 Å². The lowest BCUT2D eigenvalue weighted by Crippen LogP contribution is -2.27. The summed E-state index contributed by atoms with van der Waals surface area (Å²) >= 11 is 0. The van der Waals surface area contributed by atoms with Crippen LogP contribution in [-0.4, -0.2) is 5.91 Å². The summed E-state index contributed by atoms with van der Waals surface area (Å²) in [6.07, 6.45) is 8.74. The summed E-state index contributed by atoms with van der Waals surface area (Å²) in [6, 6.07) is 25.9. The molecule has 1 unspecified atom stereocenters. The fourth-order valence-corrected chi connectivity index (χ4v) is 4.48. The molecule has 3 aromatic rings. The maximum absolute atomic E-state index is 13.2. The van der Waals surface area contributed by atoms with Crippen molar-refractivity contribution in [1.29, 1.82) is 0 Å². The molecular formula is C29H33NO. The van der Waals surface area contributed by atoms with Gasteiger partial charge in [-0.2, -0.15) is 0 Å². The van der Waals surface area contributed by atoms with Gasteiger partial charge in [0, 0.05) is 5.56 Å². The Hall–Kier alpha value is -2.87. The molecule has 0 spiro atoms. The molecule has 3 aromatic carbocycles. The zero-order chi connectivity index (χ0) is 21.5. The zero-order valence-electron chi connectivity index (χ0n) is 18.6. The number of hydrogen-bond acceptors (Lipinski definition) is 1. The summed E-state index contributed by atoms with van der Waals surface area (Å²) in [4.78, 5) is 13.2. The molecule has 160 valence electrons. The molecule has 0 fully saturated rings. The number of rotatable bonds is 3. The molecule has 1 atom stereocenters. The third-order valence-corrected chi connectivity index (χ3v) is 6.43. The van der Waals surface area contributed by atoms with Crippen molar-refractivity contribution in [2.75, 3.05) is 0 Å². The van der Waals surface area contributed by atoms with E-state index in [0.717, 1.165) is 56.1 Å². The van der Waals surface area contributed by atoms with Gasteiger partial charge in [-0.05, 0) is 92.2 Å². The average Bonchev–Trinajstić information content (AvgIpc) is 2.80. The van der Waals surface area contributed by atoms with Crippen LogP contribution in [0, 0.1) is 0 Å². The van der Waals surface area contributed by atoms with Gasteiger partial charge in [0.1, 0.15) is 0 Å². The van der Waals surface area contributed by atoms with Crippen LogP contribution in [0.2, 0.25) is 0 Å². The second kappa shape index (κ2) is 10.4. The van der Waals surface area contributed by atoms with E-state index < -0.39 is 0 Å². The molecule has 0 aromatic heterocycles. The van der Waals surface area contributed by atoms with Crippen molar-refractivity contribution < 1.29 is 4.79 Å². The lowest BCUT2D eigenvalue weighted by Gasteiger charge is -2.17. The van der Waals surface area contributed by atoms with Gasteiger partial charge in [-0.1, -0.05) is 66.7 Å². The van der Waals surface area contributed by atoms with E-state index >= 15 is 0 Å². The van der Waals surface area contributed by atoms with Crippen LogP contribution < -0.4 is 5.32 Å². The molecule has 0 radical (unpaired) electrons. The summed E-state index contributed by atoms with van der Waals surface area (Å²) < 4.78 is 0. The first kappa shape index (κ1) is 21.4. The molecule has 31 heavy (non-hydrogen) atoms. The predicted molar refractivity (Wildman–Crippen MR) is 128 cm³/mol. The van der Waals surface area contributed by atoms with E-state index in [1.54, 1.807) is 0 Å². The van der Waals surface area contributed by atoms with E-state index in [1.165, 1.54) is 28.7 Å². The van der Waals surface area contributed by atoms with E-state index in [0.29, 0.717) is 0 Å². The van der Waals surface area contributed by atoms with Gasteiger partial charge in [0.2, 0.25) is 0 Å². The number of nitrogens with one attached hydrogen (secondary N) is 1. The molecule has 1 N–H and O–H groups in total. The Morgan fingerprint density at radius 2 is 1.26 bits per heavy atom. The highest BCUT2D eigenvalue weighted by molar-refractivity contribution is 5.96. The molecule has 0 saturated heterocycles. The number of amides is 1. The monoisotopic (exact) mass is 411 g/mol. The van der Waals surface area contributed by atoms with Crippen molar-refractivity contribution in [1.82, 2.24) is 5.32 Å². The molecule has 4 aliphatic rings. The Morgan fingerprint density at radius 3 is 1.90 bits per heavy atom. The summed E-state index contributed by atoms with van der Waals surface area (Å²) in [7, 11) is 0. The second-order valence-corrected chi connectivity index (χ2v) is 8.83. The molecule has 2 nitrogen and oxygen atoms in total. The minimum Gasteiger partial charge on any atom is -0.346 e. The Bertz CT molecular complexity index is 991. The van der Waals surface area contributed by atoms with Gasteiger partial charge in [-0.15, -0.1) is 0 Å². The van der Waals surface area contributed by atoms with Gasteiger partial charge in [0.25, 0.3) is 5.91 Å². The van der Waals surface area contributed by atoms with Crippen LogP contribution in [0.15, 0.2) is 72.8 Å². The normalized spacial score (nSPS) is 15.5. The van der Waals surface area contributed by atoms with Crippen molar-refractivity contribution in [3.05, 3.63) is 106 Å². The van der Waals surface area contributed by atoms with Crippen LogP contribution in [-0.2, 0) is 25.7 Å². The van der Waals surface area contributed by atoms with Crippen LogP contribution in [0.5, 0.6) is 0 Å². The number of benzene rings is 3. The van der Waals surface area contributed by atoms with E-state index in [4.69, 9.17) is 0 Å². The highest BCUT2D eigenvalue weighted by atomic mass is 16.1. The highest BCUT2D eigenvalue weighted by Crippen LogP contribution is 2.21. The van der Waals surface area contributed by atoms with E-state index in [-0.39, 0.29) is 11.9 Å². The van der Waals surface area contributed by atoms with Crippen molar-refractivity contribution in [3.8, 4) is 0 Å². The van der Waals surface area contributed by atoms with E-state index in [1.807, 2.05) is 18.2 Å². The molecule has 1 amide bonds. The van der Waals surface area contributed by atoms with Crippen LogP contribution >= 0.6 is 0 Å². The van der Waals surface area contributed by atoms with Crippen molar-refractivity contribution in [2.24, 2.45) is 0 Å². The van der Waals surface area contributed by atoms with Crippen molar-refractivity contribution in [3.63, 3.8) is 0 Å². The predicted octanol–water partition coefficient (Wildman–Crippen LogP) is 6.62. The standard InChI is InChI=1S/C29H33NO/c1-22(26-12-3-2-4-13-26)30-29(31)28-21-25-11-6-5-9-23-15-17-24(18-16-23)10-7-8-14-27(28)20-19-25/h2-4,12-13,15-22H,5-11,14H2,1H3,(H,30,31). The molecular weight excluding hydrogens is 378 g/mol. The molecule has 4 aliphatic carbocycles. The summed E-state index contributed by atoms with van der Waals surface area (Å²) in [6.45, 7) is 2.06. The zero-order valence-corrected chi connectivity index (χ0v) is 18.6. The first-order valence-electron chi connectivity index (χ1n) is 11.7. The Kier molecular flexibility index (Phi) is 7.19. The van der Waals surface area contributed by atoms with Crippen LogP contribution in [0.1, 0.15) is 76.8 Å². The fourth-order valence-electron chi connectivity index (χ4n) is 4.48. The maximum atomic E-state index is 13.2. The van der Waals surface area contributed by atoms with Crippen molar-refractivity contribution >= 4 is 5.91 Å². The number of hydrogen-bond donors (Lipinski definition) is 1. The molecule has 2 heteroatoms. The minimum atomic E-state index is -0.00869. The molecule has 0 heterocycles. The van der Waals surface area contributed by atoms with Gasteiger partial charge in [-0.3, -0.25) is 4.79 Å². The van der Waals surface area contributed by atoms with Crippen LogP contribution in [0.4, 0.5) is 0 Å². The van der Waals surface area contributed by atoms with Crippen LogP contribution in [0.25, 0.3) is 0 Å². The Morgan fingerprint density at radius 1 is 0.710 bits per heavy atom. The summed E-state index contributed by atoms with van der Waals surface area (Å²) in [5.74, 6) is 0.0455. The number of aryl methyl sites for hydroxylation is 4. The lowest BCUT2D eigenvalue weighted by molar-refractivity contribution is 0.0938. The van der Waals surface area contributed by atoms with E-state index in [9.17, 15) is 4.79 Å². The Labute approximate surface area is 186 Å². The number of carbonyl (C=O) groups excluding carboxylic acids is 1. The van der Waals surface area contributed by atoms with Crippen LogP contribution in [0.3, 0.4) is 0 Å². The molecule has 0 saturated carbocycles. The molecule has 7 rings (SSSR count). The number of carbonyl (C=O) groups is 1. The first-order valence-corrected chi connectivity index (χ1v) is 11.7. The SMILES string of the molecule is CC(NC(=O)c1cc2ccc1CCCCc1ccc(cc1)CCCC2)c1ccccc1. The summed E-state index contributed by atoms with van der Waals surface area (Å²) in [5, 5.41) is 3.22. The van der Waals surface area contributed by atoms with E-state index in [2.05, 4.69) is 66.8 Å². The average molecular weight is 412 g/mol. The smallest absolute Gasteiger partial charge is 0.252 e. The highest BCUT2D eigenvalue weighted by Gasteiger charge is 2.16. The first-order chi connectivity index (χ1) is 15.2. The third-order valence-electron chi connectivity index (χ3n) is 6.43. The second-order valence-electron chi connectivity index (χ2n) is 8.83. The van der Waals surface area contributed by atoms with Crippen molar-refractivity contribution in [2.45, 2.75) is 64.3 Å². The maximum Gasteiger partial charge on any atom is 0.252 e.